The Balaban J connectivity index is 2.05. The molecule has 0 aliphatic carbocycles. The fourth-order valence-electron chi connectivity index (χ4n) is 2.07. The Bertz CT molecular complexity index is 802. The molecule has 0 radical (unpaired) electrons. The number of anilines is 1. The molecule has 0 bridgehead atoms. The van der Waals surface area contributed by atoms with Crippen molar-refractivity contribution < 1.29 is 15.0 Å². The van der Waals surface area contributed by atoms with Gasteiger partial charge in [0, 0.05) is 17.3 Å². The highest BCUT2D eigenvalue weighted by Crippen LogP contribution is 2.20. The highest BCUT2D eigenvalue weighted by atomic mass is 16.3. The summed E-state index contributed by atoms with van der Waals surface area (Å²) < 4.78 is 0. The van der Waals surface area contributed by atoms with E-state index in [1.807, 2.05) is 13.0 Å². The van der Waals surface area contributed by atoms with Crippen molar-refractivity contribution in [1.29, 1.82) is 0 Å². The Morgan fingerprint density at radius 1 is 1.04 bits per heavy atom. The van der Waals surface area contributed by atoms with Crippen LogP contribution in [0.3, 0.4) is 0 Å². The van der Waals surface area contributed by atoms with Gasteiger partial charge in [-0.2, -0.15) is 0 Å². The molecule has 0 fully saturated rings. The van der Waals surface area contributed by atoms with Crippen LogP contribution in [0.15, 0.2) is 78.9 Å². The van der Waals surface area contributed by atoms with E-state index < -0.39 is 0 Å². The fourth-order valence-corrected chi connectivity index (χ4v) is 2.07. The summed E-state index contributed by atoms with van der Waals surface area (Å²) >= 11 is 0. The first-order valence-electron chi connectivity index (χ1n) is 7.42. The van der Waals surface area contributed by atoms with Gasteiger partial charge >= 0.3 is 0 Å². The molecule has 1 amide bonds. The van der Waals surface area contributed by atoms with Gasteiger partial charge in [-0.15, -0.1) is 0 Å². The maximum absolute atomic E-state index is 12.1. The maximum atomic E-state index is 12.1. The Labute approximate surface area is 141 Å². The maximum Gasteiger partial charge on any atom is 0.255 e. The van der Waals surface area contributed by atoms with Crippen molar-refractivity contribution in [3.05, 3.63) is 84.5 Å². The summed E-state index contributed by atoms with van der Waals surface area (Å²) in [6, 6.07) is 13.1. The number of benzene rings is 2. The standard InChI is InChI=1S/C20H19NO3/c1-3-15(16-9-11-18(22)12-10-16)8-7-14(2)20(24)21-17-5-4-6-19(23)13-17/h3-13,22-23H,2H2,1H3,(H,21,24)/b8-7-,15-3+. The summed E-state index contributed by atoms with van der Waals surface area (Å²) in [5, 5.41) is 21.4. The molecule has 2 aromatic rings. The number of phenolic OH excluding ortho intramolecular Hbond substituents is 2. The summed E-state index contributed by atoms with van der Waals surface area (Å²) in [4.78, 5) is 12.1. The number of carbonyl (C=O) groups is 1. The Hall–Kier alpha value is -3.27. The fraction of sp³-hybridized carbons (Fsp3) is 0.0500. The topological polar surface area (TPSA) is 69.6 Å². The minimum absolute atomic E-state index is 0.0810. The van der Waals surface area contributed by atoms with Crippen LogP contribution in [-0.2, 0) is 4.79 Å². The van der Waals surface area contributed by atoms with Crippen molar-refractivity contribution >= 4 is 17.2 Å². The molecule has 3 N–H and O–H groups in total. The molecule has 2 aromatic carbocycles. The lowest BCUT2D eigenvalue weighted by Gasteiger charge is -2.06. The van der Waals surface area contributed by atoms with E-state index in [1.54, 1.807) is 48.6 Å². The van der Waals surface area contributed by atoms with E-state index in [1.165, 1.54) is 12.1 Å². The minimum Gasteiger partial charge on any atom is -0.508 e. The first-order valence-corrected chi connectivity index (χ1v) is 7.42. The van der Waals surface area contributed by atoms with Crippen LogP contribution in [0.5, 0.6) is 11.5 Å². The monoisotopic (exact) mass is 321 g/mol. The van der Waals surface area contributed by atoms with Gasteiger partial charge in [-0.3, -0.25) is 4.79 Å². The van der Waals surface area contributed by atoms with Crippen molar-refractivity contribution in [3.8, 4) is 11.5 Å². The number of amides is 1. The number of hydrogen-bond acceptors (Lipinski definition) is 3. The van der Waals surface area contributed by atoms with Gasteiger partial charge in [-0.05, 0) is 48.4 Å². The van der Waals surface area contributed by atoms with Gasteiger partial charge in [-0.25, -0.2) is 0 Å². The molecule has 0 saturated carbocycles. The zero-order valence-electron chi connectivity index (χ0n) is 13.4. The van der Waals surface area contributed by atoms with Crippen molar-refractivity contribution in [1.82, 2.24) is 0 Å². The molecule has 0 atom stereocenters. The molecule has 0 aromatic heterocycles. The molecule has 24 heavy (non-hydrogen) atoms. The SMILES string of the molecule is C=C(/C=C\C(=C/C)c1ccc(O)cc1)C(=O)Nc1cccc(O)c1. The smallest absolute Gasteiger partial charge is 0.255 e. The third-order valence-corrected chi connectivity index (χ3v) is 3.37. The molecule has 0 unspecified atom stereocenters. The van der Waals surface area contributed by atoms with E-state index in [9.17, 15) is 15.0 Å². The third kappa shape index (κ3) is 4.61. The predicted molar refractivity (Wildman–Crippen MR) is 96.8 cm³/mol. The quantitative estimate of drug-likeness (QED) is 0.569. The second kappa shape index (κ2) is 7.83. The highest BCUT2D eigenvalue weighted by molar-refractivity contribution is 6.05. The number of allylic oxidation sites excluding steroid dienone is 3. The van der Waals surface area contributed by atoms with Crippen LogP contribution in [-0.4, -0.2) is 16.1 Å². The second-order valence-electron chi connectivity index (χ2n) is 5.15. The normalized spacial score (nSPS) is 11.5. The molecular formula is C20H19NO3. The van der Waals surface area contributed by atoms with E-state index in [4.69, 9.17) is 0 Å². The van der Waals surface area contributed by atoms with Gasteiger partial charge in [0.2, 0.25) is 0 Å². The average Bonchev–Trinajstić information content (AvgIpc) is 2.56. The summed E-state index contributed by atoms with van der Waals surface area (Å²) in [5.41, 5.74) is 2.62. The van der Waals surface area contributed by atoms with Crippen LogP contribution in [0.1, 0.15) is 12.5 Å². The van der Waals surface area contributed by atoms with Crippen molar-refractivity contribution in [3.63, 3.8) is 0 Å². The number of nitrogens with one attached hydrogen (secondary N) is 1. The van der Waals surface area contributed by atoms with Gasteiger partial charge in [0.15, 0.2) is 0 Å². The van der Waals surface area contributed by atoms with Gasteiger partial charge in [0.1, 0.15) is 11.5 Å². The summed E-state index contributed by atoms with van der Waals surface area (Å²) in [6.45, 7) is 5.65. The lowest BCUT2D eigenvalue weighted by Crippen LogP contribution is -2.12. The molecule has 0 spiro atoms. The first-order chi connectivity index (χ1) is 11.5. The lowest BCUT2D eigenvalue weighted by molar-refractivity contribution is -0.112. The zero-order chi connectivity index (χ0) is 17.5. The number of phenols is 2. The minimum atomic E-state index is -0.349. The van der Waals surface area contributed by atoms with Gasteiger partial charge in [-0.1, -0.05) is 36.9 Å². The summed E-state index contributed by atoms with van der Waals surface area (Å²) in [7, 11) is 0. The molecule has 4 nitrogen and oxygen atoms in total. The largest absolute Gasteiger partial charge is 0.508 e. The Morgan fingerprint density at radius 3 is 2.38 bits per heavy atom. The van der Waals surface area contributed by atoms with Crippen LogP contribution in [0, 0.1) is 0 Å². The predicted octanol–water partition coefficient (Wildman–Crippen LogP) is 4.25. The van der Waals surface area contributed by atoms with E-state index >= 15 is 0 Å². The number of rotatable bonds is 5. The molecular weight excluding hydrogens is 302 g/mol. The summed E-state index contributed by atoms with van der Waals surface area (Å²) in [5.74, 6) is -0.0661. The van der Waals surface area contributed by atoms with Crippen molar-refractivity contribution in [2.24, 2.45) is 0 Å². The molecule has 2 rings (SSSR count). The molecule has 4 heteroatoms. The van der Waals surface area contributed by atoms with E-state index in [0.717, 1.165) is 11.1 Å². The number of hydrogen-bond donors (Lipinski definition) is 3. The summed E-state index contributed by atoms with van der Waals surface area (Å²) in [6.07, 6.45) is 5.32. The van der Waals surface area contributed by atoms with Crippen molar-refractivity contribution in [2.45, 2.75) is 6.92 Å². The van der Waals surface area contributed by atoms with Crippen LogP contribution in [0.25, 0.3) is 5.57 Å². The van der Waals surface area contributed by atoms with Crippen LogP contribution in [0.4, 0.5) is 5.69 Å². The van der Waals surface area contributed by atoms with E-state index in [0.29, 0.717) is 5.69 Å². The number of carbonyl (C=O) groups excluding carboxylic acids is 1. The van der Waals surface area contributed by atoms with E-state index in [2.05, 4.69) is 11.9 Å². The second-order valence-corrected chi connectivity index (χ2v) is 5.15. The Morgan fingerprint density at radius 2 is 1.75 bits per heavy atom. The highest BCUT2D eigenvalue weighted by Gasteiger charge is 2.05. The van der Waals surface area contributed by atoms with Gasteiger partial charge < -0.3 is 15.5 Å². The zero-order valence-corrected chi connectivity index (χ0v) is 13.4. The molecule has 0 aliphatic rings. The molecule has 0 heterocycles. The molecule has 0 saturated heterocycles. The van der Waals surface area contributed by atoms with Crippen molar-refractivity contribution in [2.75, 3.05) is 5.32 Å². The first kappa shape index (κ1) is 17.1. The van der Waals surface area contributed by atoms with E-state index in [-0.39, 0.29) is 23.0 Å². The Kier molecular flexibility index (Phi) is 5.58. The van der Waals surface area contributed by atoms with Gasteiger partial charge in [0.25, 0.3) is 5.91 Å². The van der Waals surface area contributed by atoms with Crippen LogP contribution < -0.4 is 5.32 Å². The molecule has 122 valence electrons. The average molecular weight is 321 g/mol. The third-order valence-electron chi connectivity index (χ3n) is 3.37. The lowest BCUT2D eigenvalue weighted by atomic mass is 10.0. The van der Waals surface area contributed by atoms with Gasteiger partial charge in [0.05, 0.1) is 0 Å². The molecule has 0 aliphatic heterocycles. The van der Waals surface area contributed by atoms with Crippen LogP contribution in [0.2, 0.25) is 0 Å². The van der Waals surface area contributed by atoms with Crippen LogP contribution >= 0.6 is 0 Å². The number of aromatic hydroxyl groups is 2.